The average Bonchev–Trinajstić information content (AvgIpc) is 2.89. The maximum Gasteiger partial charge on any atom is 0.410 e. The molecular formula is C16H22N4O4. The van der Waals surface area contributed by atoms with E-state index in [0.29, 0.717) is 17.9 Å². The maximum atomic E-state index is 12.5. The van der Waals surface area contributed by atoms with Crippen molar-refractivity contribution in [3.8, 4) is 5.88 Å². The monoisotopic (exact) mass is 334 g/mol. The number of amides is 1. The van der Waals surface area contributed by atoms with Gasteiger partial charge in [0.2, 0.25) is 5.88 Å². The molecule has 0 aliphatic carbocycles. The van der Waals surface area contributed by atoms with Gasteiger partial charge in [-0.05, 0) is 40.0 Å². The molecule has 1 saturated heterocycles. The molecule has 1 amide bonds. The second-order valence-electron chi connectivity index (χ2n) is 7.04. The Labute approximate surface area is 139 Å². The first-order chi connectivity index (χ1) is 11.2. The smallest absolute Gasteiger partial charge is 0.410 e. The highest BCUT2D eigenvalue weighted by Gasteiger charge is 2.33. The lowest BCUT2D eigenvalue weighted by atomic mass is 10.00. The van der Waals surface area contributed by atoms with Crippen molar-refractivity contribution in [1.82, 2.24) is 19.5 Å². The molecule has 0 radical (unpaired) electrons. The molecule has 1 fully saturated rings. The molecule has 24 heavy (non-hydrogen) atoms. The second kappa shape index (κ2) is 5.85. The van der Waals surface area contributed by atoms with Gasteiger partial charge >= 0.3 is 6.09 Å². The molecule has 0 spiro atoms. The molecule has 1 atom stereocenters. The van der Waals surface area contributed by atoms with Crippen LogP contribution < -0.4 is 5.56 Å². The van der Waals surface area contributed by atoms with E-state index in [9.17, 15) is 14.7 Å². The topological polar surface area (TPSA) is 99.9 Å². The highest BCUT2D eigenvalue weighted by molar-refractivity contribution is 5.69. The average molecular weight is 334 g/mol. The lowest BCUT2D eigenvalue weighted by molar-refractivity contribution is 0.00898. The van der Waals surface area contributed by atoms with Crippen LogP contribution in [0.2, 0.25) is 0 Å². The van der Waals surface area contributed by atoms with Gasteiger partial charge in [-0.1, -0.05) is 0 Å². The highest BCUT2D eigenvalue weighted by Crippen LogP contribution is 2.32. The van der Waals surface area contributed by atoms with Crippen molar-refractivity contribution in [2.24, 2.45) is 0 Å². The predicted molar refractivity (Wildman–Crippen MR) is 87.0 cm³/mol. The Bertz CT molecular complexity index is 818. The van der Waals surface area contributed by atoms with Crippen LogP contribution in [0.1, 0.15) is 51.8 Å². The molecule has 2 N–H and O–H groups in total. The number of carbonyl (C=O) groups excluding carboxylic acids is 1. The summed E-state index contributed by atoms with van der Waals surface area (Å²) in [4.78, 5) is 28.3. The minimum Gasteiger partial charge on any atom is -0.493 e. The van der Waals surface area contributed by atoms with Gasteiger partial charge < -0.3 is 14.8 Å². The van der Waals surface area contributed by atoms with Gasteiger partial charge in [-0.15, -0.1) is 0 Å². The summed E-state index contributed by atoms with van der Waals surface area (Å²) in [6.45, 7) is 6.09. The normalized spacial score (nSPS) is 18.8. The van der Waals surface area contributed by atoms with Crippen LogP contribution in [0.3, 0.4) is 0 Å². The maximum absolute atomic E-state index is 12.5. The van der Waals surface area contributed by atoms with Crippen molar-refractivity contribution in [1.29, 1.82) is 0 Å². The number of carbonyl (C=O) groups is 1. The molecule has 3 heterocycles. The largest absolute Gasteiger partial charge is 0.493 e. The van der Waals surface area contributed by atoms with E-state index in [1.165, 1.54) is 4.52 Å². The number of aromatic nitrogens is 3. The summed E-state index contributed by atoms with van der Waals surface area (Å²) in [7, 11) is 0. The molecule has 3 rings (SSSR count). The van der Waals surface area contributed by atoms with Crippen molar-refractivity contribution in [3.05, 3.63) is 28.2 Å². The van der Waals surface area contributed by atoms with Crippen LogP contribution in [0.4, 0.5) is 4.79 Å². The van der Waals surface area contributed by atoms with Gasteiger partial charge in [-0.25, -0.2) is 4.79 Å². The summed E-state index contributed by atoms with van der Waals surface area (Å²) in [5, 5.41) is 14.2. The van der Waals surface area contributed by atoms with Gasteiger partial charge in [0.15, 0.2) is 0 Å². The van der Waals surface area contributed by atoms with Crippen LogP contribution in [0, 0.1) is 0 Å². The lowest BCUT2D eigenvalue weighted by Crippen LogP contribution is -2.42. The number of fused-ring (bicyclic) bond motifs is 1. The van der Waals surface area contributed by atoms with E-state index in [0.717, 1.165) is 25.3 Å². The third-order valence-corrected chi connectivity index (χ3v) is 3.93. The molecule has 2 aromatic heterocycles. The standard InChI is InChI=1S/C16H22N4O4/c1-16(2,3)24-15(23)19-7-5-4-6-11(19)10-8-12-17-13(21)9-14(22)20(12)18-10/h8-9,11,22H,4-7H2,1-3H3,(H,17,21). The Hall–Kier alpha value is -2.51. The van der Waals surface area contributed by atoms with E-state index < -0.39 is 11.2 Å². The summed E-state index contributed by atoms with van der Waals surface area (Å²) in [6, 6.07) is 2.52. The molecule has 1 unspecified atom stereocenters. The fourth-order valence-electron chi connectivity index (χ4n) is 2.94. The SMILES string of the molecule is CC(C)(C)OC(=O)N1CCCCC1c1cc2[nH]c(=O)cc(O)n2n1. The molecule has 2 aromatic rings. The van der Waals surface area contributed by atoms with Crippen LogP contribution >= 0.6 is 0 Å². The minimum absolute atomic E-state index is 0.236. The number of aromatic hydroxyl groups is 1. The van der Waals surface area contributed by atoms with E-state index in [2.05, 4.69) is 10.1 Å². The number of likely N-dealkylation sites (tertiary alicyclic amines) is 1. The Kier molecular flexibility index (Phi) is 3.98. The first-order valence-electron chi connectivity index (χ1n) is 8.06. The number of hydrogen-bond donors (Lipinski definition) is 2. The Morgan fingerprint density at radius 1 is 1.38 bits per heavy atom. The first kappa shape index (κ1) is 16.4. The highest BCUT2D eigenvalue weighted by atomic mass is 16.6. The zero-order chi connectivity index (χ0) is 17.5. The molecule has 0 bridgehead atoms. The van der Waals surface area contributed by atoms with Gasteiger partial charge in [0.1, 0.15) is 11.2 Å². The van der Waals surface area contributed by atoms with E-state index in [4.69, 9.17) is 4.74 Å². The summed E-state index contributed by atoms with van der Waals surface area (Å²) < 4.78 is 6.75. The Morgan fingerprint density at radius 2 is 2.12 bits per heavy atom. The van der Waals surface area contributed by atoms with E-state index in [-0.39, 0.29) is 18.0 Å². The summed E-state index contributed by atoms with van der Waals surface area (Å²) >= 11 is 0. The quantitative estimate of drug-likeness (QED) is 0.832. The van der Waals surface area contributed by atoms with Crippen molar-refractivity contribution in [3.63, 3.8) is 0 Å². The Balaban J connectivity index is 1.95. The fraction of sp³-hybridized carbons (Fsp3) is 0.562. The molecule has 130 valence electrons. The summed E-state index contributed by atoms with van der Waals surface area (Å²) in [6.07, 6.45) is 2.27. The van der Waals surface area contributed by atoms with Crippen LogP contribution in [0.25, 0.3) is 5.65 Å². The summed E-state index contributed by atoms with van der Waals surface area (Å²) in [5.74, 6) is -0.236. The van der Waals surface area contributed by atoms with Crippen LogP contribution in [-0.2, 0) is 4.74 Å². The van der Waals surface area contributed by atoms with Crippen molar-refractivity contribution < 1.29 is 14.6 Å². The van der Waals surface area contributed by atoms with Crippen LogP contribution in [-0.4, -0.2) is 42.8 Å². The van der Waals surface area contributed by atoms with Crippen molar-refractivity contribution in [2.45, 2.75) is 51.7 Å². The summed E-state index contributed by atoms with van der Waals surface area (Å²) in [5.41, 5.74) is 0.0446. The number of rotatable bonds is 1. The third kappa shape index (κ3) is 3.22. The minimum atomic E-state index is -0.568. The Morgan fingerprint density at radius 3 is 2.83 bits per heavy atom. The third-order valence-electron chi connectivity index (χ3n) is 3.93. The molecule has 8 nitrogen and oxygen atoms in total. The zero-order valence-electron chi connectivity index (χ0n) is 14.1. The van der Waals surface area contributed by atoms with Crippen LogP contribution in [0.15, 0.2) is 16.9 Å². The van der Waals surface area contributed by atoms with Gasteiger partial charge in [0.25, 0.3) is 5.56 Å². The van der Waals surface area contributed by atoms with Gasteiger partial charge in [-0.3, -0.25) is 9.69 Å². The first-order valence-corrected chi connectivity index (χ1v) is 8.06. The molecule has 8 heteroatoms. The van der Waals surface area contributed by atoms with E-state index >= 15 is 0 Å². The fourth-order valence-corrected chi connectivity index (χ4v) is 2.94. The zero-order valence-corrected chi connectivity index (χ0v) is 14.1. The van der Waals surface area contributed by atoms with Crippen molar-refractivity contribution >= 4 is 11.7 Å². The van der Waals surface area contributed by atoms with Crippen LogP contribution in [0.5, 0.6) is 5.88 Å². The number of H-pyrrole nitrogens is 1. The number of piperidine rings is 1. The number of hydrogen-bond acceptors (Lipinski definition) is 5. The van der Waals surface area contributed by atoms with Gasteiger partial charge in [-0.2, -0.15) is 9.61 Å². The molecule has 1 aliphatic heterocycles. The molecular weight excluding hydrogens is 312 g/mol. The molecule has 0 aromatic carbocycles. The molecule has 0 saturated carbocycles. The number of aromatic amines is 1. The molecule has 1 aliphatic rings. The number of nitrogens with zero attached hydrogens (tertiary/aromatic N) is 3. The predicted octanol–water partition coefficient (Wildman–Crippen LogP) is 2.19. The van der Waals surface area contributed by atoms with Gasteiger partial charge in [0.05, 0.1) is 17.8 Å². The van der Waals surface area contributed by atoms with Crippen molar-refractivity contribution in [2.75, 3.05) is 6.54 Å². The van der Waals surface area contributed by atoms with E-state index in [1.54, 1.807) is 11.0 Å². The number of ether oxygens (including phenoxy) is 1. The van der Waals surface area contributed by atoms with Gasteiger partial charge in [0, 0.05) is 12.6 Å². The van der Waals surface area contributed by atoms with E-state index in [1.807, 2.05) is 20.8 Å². The second-order valence-corrected chi connectivity index (χ2v) is 7.04. The number of nitrogens with one attached hydrogen (secondary N) is 1. The lowest BCUT2D eigenvalue weighted by Gasteiger charge is -2.35.